The molecule has 2 heterocycles. The third kappa shape index (κ3) is 2.98. The highest BCUT2D eigenvalue weighted by Crippen LogP contribution is 2.22. The molecule has 16 heavy (non-hydrogen) atoms. The summed E-state index contributed by atoms with van der Waals surface area (Å²) in [5.74, 6) is 1.22. The molecule has 0 radical (unpaired) electrons. The minimum Gasteiger partial charge on any atom is -0.362 e. The molecule has 1 saturated heterocycles. The van der Waals surface area contributed by atoms with Crippen LogP contribution in [0.15, 0.2) is 9.52 Å². The molecule has 1 aliphatic rings. The first kappa shape index (κ1) is 11.4. The zero-order valence-electron chi connectivity index (χ0n) is 9.73. The first-order chi connectivity index (χ1) is 7.63. The van der Waals surface area contributed by atoms with Crippen LogP contribution in [-0.2, 0) is 6.54 Å². The van der Waals surface area contributed by atoms with Crippen LogP contribution < -0.4 is 5.32 Å². The number of nitrogens with one attached hydrogen (secondary N) is 1. The maximum absolute atomic E-state index is 4.89. The number of aryl methyl sites for hydroxylation is 1. The van der Waals surface area contributed by atoms with E-state index in [2.05, 4.69) is 34.3 Å². The van der Waals surface area contributed by atoms with Gasteiger partial charge in [-0.1, -0.05) is 23.8 Å². The van der Waals surface area contributed by atoms with E-state index in [0.717, 1.165) is 5.17 Å². The molecule has 2 rings (SSSR count). The lowest BCUT2D eigenvalue weighted by atomic mass is 10.2. The Morgan fingerprint density at radius 1 is 1.56 bits per heavy atom. The third-order valence-corrected chi connectivity index (χ3v) is 3.37. The molecule has 0 aromatic carbocycles. The Balaban J connectivity index is 1.96. The van der Waals surface area contributed by atoms with Crippen LogP contribution in [0, 0.1) is 6.92 Å². The Morgan fingerprint density at radius 2 is 2.38 bits per heavy atom. The summed E-state index contributed by atoms with van der Waals surface area (Å²) in [6.07, 6.45) is 1.17. The van der Waals surface area contributed by atoms with Crippen molar-refractivity contribution in [2.75, 3.05) is 0 Å². The van der Waals surface area contributed by atoms with E-state index in [-0.39, 0.29) is 0 Å². The Morgan fingerprint density at radius 3 is 3.00 bits per heavy atom. The summed E-state index contributed by atoms with van der Waals surface area (Å²) in [7, 11) is 0. The highest BCUT2D eigenvalue weighted by atomic mass is 32.2. The molecule has 1 N–H and O–H groups in total. The molecular weight excluding hydrogens is 224 g/mol. The predicted octanol–water partition coefficient (Wildman–Crippen LogP) is 1.74. The monoisotopic (exact) mass is 240 g/mol. The van der Waals surface area contributed by atoms with Gasteiger partial charge < -0.3 is 9.84 Å². The quantitative estimate of drug-likeness (QED) is 0.853. The van der Waals surface area contributed by atoms with Gasteiger partial charge in [-0.15, -0.1) is 0 Å². The van der Waals surface area contributed by atoms with Gasteiger partial charge in [0, 0.05) is 18.2 Å². The van der Waals surface area contributed by atoms with Crippen LogP contribution in [0.25, 0.3) is 0 Å². The second kappa shape index (κ2) is 4.86. The fourth-order valence-electron chi connectivity index (χ4n) is 1.67. The van der Waals surface area contributed by atoms with Crippen LogP contribution in [0.5, 0.6) is 0 Å². The Bertz CT molecular complexity index is 378. The second-order valence-corrected chi connectivity index (χ2v) is 5.49. The highest BCUT2D eigenvalue weighted by Gasteiger charge is 2.19. The van der Waals surface area contributed by atoms with Crippen LogP contribution in [0.2, 0.25) is 0 Å². The van der Waals surface area contributed by atoms with Crippen molar-refractivity contribution in [2.45, 2.75) is 45.0 Å². The molecule has 0 amide bonds. The van der Waals surface area contributed by atoms with Gasteiger partial charge in [-0.2, -0.15) is 4.98 Å². The zero-order valence-corrected chi connectivity index (χ0v) is 10.5. The number of hydrogen-bond donors (Lipinski definition) is 1. The van der Waals surface area contributed by atoms with E-state index in [4.69, 9.17) is 4.52 Å². The molecule has 88 valence electrons. The van der Waals surface area contributed by atoms with Gasteiger partial charge in [-0.05, 0) is 13.3 Å². The van der Waals surface area contributed by atoms with Gasteiger partial charge in [0.25, 0.3) is 0 Å². The summed E-state index contributed by atoms with van der Waals surface area (Å²) < 4.78 is 4.89. The minimum atomic E-state index is 0.478. The van der Waals surface area contributed by atoms with Crippen molar-refractivity contribution in [1.29, 1.82) is 0 Å². The fraction of sp³-hybridized carbons (Fsp3) is 0.700. The summed E-state index contributed by atoms with van der Waals surface area (Å²) in [5.41, 5.74) is 0. The molecule has 1 fully saturated rings. The number of aromatic nitrogens is 2. The molecule has 6 heteroatoms. The van der Waals surface area contributed by atoms with Crippen molar-refractivity contribution in [1.82, 2.24) is 15.5 Å². The first-order valence-electron chi connectivity index (χ1n) is 5.40. The average Bonchev–Trinajstić information content (AvgIpc) is 2.60. The van der Waals surface area contributed by atoms with E-state index >= 15 is 0 Å². The molecule has 0 bridgehead atoms. The van der Waals surface area contributed by atoms with Crippen LogP contribution in [0.4, 0.5) is 0 Å². The van der Waals surface area contributed by atoms with Crippen molar-refractivity contribution < 1.29 is 4.52 Å². The van der Waals surface area contributed by atoms with E-state index in [0.29, 0.717) is 29.6 Å². The lowest BCUT2D eigenvalue weighted by molar-refractivity contribution is 0.387. The molecule has 0 aliphatic carbocycles. The first-order valence-corrected chi connectivity index (χ1v) is 6.28. The van der Waals surface area contributed by atoms with Gasteiger partial charge in [0.2, 0.25) is 5.89 Å². The van der Waals surface area contributed by atoms with Crippen LogP contribution in [-0.4, -0.2) is 26.6 Å². The minimum absolute atomic E-state index is 0.478. The van der Waals surface area contributed by atoms with Gasteiger partial charge in [0.15, 0.2) is 11.0 Å². The van der Waals surface area contributed by atoms with Crippen molar-refractivity contribution >= 4 is 16.9 Å². The van der Waals surface area contributed by atoms with Crippen LogP contribution >= 0.6 is 11.8 Å². The van der Waals surface area contributed by atoms with Gasteiger partial charge in [0.1, 0.15) is 6.54 Å². The van der Waals surface area contributed by atoms with Crippen molar-refractivity contribution in [3.63, 3.8) is 0 Å². The molecule has 2 unspecified atom stereocenters. The predicted molar refractivity (Wildman–Crippen MR) is 64.4 cm³/mol. The molecule has 5 nitrogen and oxygen atoms in total. The Labute approximate surface area is 99.1 Å². The topological polar surface area (TPSA) is 63.3 Å². The third-order valence-electron chi connectivity index (χ3n) is 2.30. The van der Waals surface area contributed by atoms with Crippen molar-refractivity contribution in [3.8, 4) is 0 Å². The summed E-state index contributed by atoms with van der Waals surface area (Å²) in [6.45, 7) is 6.65. The molecule has 0 saturated carbocycles. The van der Waals surface area contributed by atoms with Crippen molar-refractivity contribution in [3.05, 3.63) is 11.7 Å². The molecular formula is C10H16N4OS. The highest BCUT2D eigenvalue weighted by molar-refractivity contribution is 8.14. The molecule has 1 aromatic heterocycles. The smallest absolute Gasteiger partial charge is 0.223 e. The van der Waals surface area contributed by atoms with E-state index in [1.54, 1.807) is 18.7 Å². The Kier molecular flexibility index (Phi) is 3.48. The van der Waals surface area contributed by atoms with Crippen LogP contribution in [0.1, 0.15) is 32.0 Å². The summed E-state index contributed by atoms with van der Waals surface area (Å²) in [6, 6.07) is 0.488. The lowest BCUT2D eigenvalue weighted by Gasteiger charge is -2.26. The van der Waals surface area contributed by atoms with E-state index in [9.17, 15) is 0 Å². The second-order valence-electron chi connectivity index (χ2n) is 4.06. The fourth-order valence-corrected chi connectivity index (χ4v) is 2.85. The van der Waals surface area contributed by atoms with Gasteiger partial charge in [-0.25, -0.2) is 0 Å². The maximum atomic E-state index is 4.89. The molecule has 1 aromatic rings. The molecule has 1 aliphatic heterocycles. The van der Waals surface area contributed by atoms with E-state index < -0.39 is 0 Å². The van der Waals surface area contributed by atoms with Gasteiger partial charge in [-0.3, -0.25) is 4.99 Å². The number of nitrogens with zero attached hydrogens (tertiary/aromatic N) is 3. The summed E-state index contributed by atoms with van der Waals surface area (Å²) in [4.78, 5) is 8.56. The average molecular weight is 240 g/mol. The molecule has 0 spiro atoms. The number of rotatable bonds is 2. The SMILES string of the molecule is Cc1nc(CN=C2NC(C)CC(C)S2)no1. The normalized spacial score (nSPS) is 28.1. The Hall–Kier alpha value is -1.04. The van der Waals surface area contributed by atoms with Crippen LogP contribution in [0.3, 0.4) is 0 Å². The molecule has 2 atom stereocenters. The maximum Gasteiger partial charge on any atom is 0.223 e. The van der Waals surface area contributed by atoms with E-state index in [1.165, 1.54) is 6.42 Å². The largest absolute Gasteiger partial charge is 0.362 e. The zero-order chi connectivity index (χ0) is 11.5. The number of thioether (sulfide) groups is 1. The van der Waals surface area contributed by atoms with E-state index in [1.807, 2.05) is 0 Å². The summed E-state index contributed by atoms with van der Waals surface area (Å²) >= 11 is 1.77. The number of aliphatic imine (C=N–C) groups is 1. The van der Waals surface area contributed by atoms with Gasteiger partial charge in [0.05, 0.1) is 0 Å². The standard InChI is InChI=1S/C10H16N4OS/c1-6-4-7(2)16-10(12-6)11-5-9-13-8(3)15-14-9/h6-7H,4-5H2,1-3H3,(H,11,12). The summed E-state index contributed by atoms with van der Waals surface area (Å²) in [5, 5.41) is 8.75. The van der Waals surface area contributed by atoms with Gasteiger partial charge >= 0.3 is 0 Å². The number of amidine groups is 1. The number of hydrogen-bond acceptors (Lipinski definition) is 5. The van der Waals surface area contributed by atoms with Crippen molar-refractivity contribution in [2.24, 2.45) is 4.99 Å². The lowest BCUT2D eigenvalue weighted by Crippen LogP contribution is -2.38.